The van der Waals surface area contributed by atoms with Crippen molar-refractivity contribution in [3.05, 3.63) is 12.2 Å². The first-order valence-electron chi connectivity index (χ1n) is 1.78. The van der Waals surface area contributed by atoms with Crippen molar-refractivity contribution in [2.75, 3.05) is 11.5 Å². The molecule has 0 rings (SSSR count). The Morgan fingerprint density at radius 1 is 1.00 bits per heavy atom. The van der Waals surface area contributed by atoms with Crippen LogP contribution >= 0.6 is 25.3 Å². The van der Waals surface area contributed by atoms with E-state index in [-0.39, 0.29) is 29.6 Å². The second kappa shape index (κ2) is 10.4. The second-order valence-corrected chi connectivity index (χ2v) is 1.57. The van der Waals surface area contributed by atoms with E-state index in [0.717, 1.165) is 11.5 Å². The Morgan fingerprint density at radius 2 is 1.29 bits per heavy atom. The van der Waals surface area contributed by atoms with Gasteiger partial charge in [-0.3, -0.25) is 0 Å². The van der Waals surface area contributed by atoms with Crippen LogP contribution < -0.4 is 0 Å². The van der Waals surface area contributed by atoms with Crippen molar-refractivity contribution in [1.82, 2.24) is 0 Å². The third-order valence-corrected chi connectivity index (χ3v) is 0.799. The van der Waals surface area contributed by atoms with Crippen molar-refractivity contribution in [3.63, 3.8) is 0 Å². The van der Waals surface area contributed by atoms with Crippen LogP contribution in [0.2, 0.25) is 0 Å². The number of rotatable bonds is 2. The molecule has 0 unspecified atom stereocenters. The molecule has 0 radical (unpaired) electrons. The molecule has 0 heterocycles. The standard InChI is InChI=1S/C4H8S2.Na.H/c5-3-1-2-4-6;;/h1-2,5-6H,3-4H2;;. The van der Waals surface area contributed by atoms with Crippen LogP contribution in [0.5, 0.6) is 0 Å². The predicted molar refractivity (Wildman–Crippen MR) is 44.0 cm³/mol. The van der Waals surface area contributed by atoms with Gasteiger partial charge in [-0.15, -0.1) is 0 Å². The predicted octanol–water partition coefficient (Wildman–Crippen LogP) is 0.754. The molecule has 0 aliphatic carbocycles. The van der Waals surface area contributed by atoms with Crippen molar-refractivity contribution < 1.29 is 0 Å². The third kappa shape index (κ3) is 11.2. The first-order chi connectivity index (χ1) is 2.91. The number of thiol groups is 2. The molecule has 0 aromatic rings. The van der Waals surface area contributed by atoms with E-state index in [1.54, 1.807) is 0 Å². The summed E-state index contributed by atoms with van der Waals surface area (Å²) in [4.78, 5) is 0. The fourth-order valence-corrected chi connectivity index (χ4v) is 0.447. The molecule has 0 spiro atoms. The molecule has 0 aromatic carbocycles. The summed E-state index contributed by atoms with van der Waals surface area (Å²) in [7, 11) is 0. The maximum absolute atomic E-state index is 3.93. The summed E-state index contributed by atoms with van der Waals surface area (Å²) in [6.45, 7) is 0. The second-order valence-electron chi connectivity index (χ2n) is 0.837. The van der Waals surface area contributed by atoms with Crippen LogP contribution in [0.15, 0.2) is 12.2 Å². The molecular formula is C4H9NaS2. The van der Waals surface area contributed by atoms with Gasteiger partial charge in [0, 0.05) is 11.5 Å². The Labute approximate surface area is 77.9 Å². The Balaban J connectivity index is 0. The van der Waals surface area contributed by atoms with E-state index in [2.05, 4.69) is 25.3 Å². The number of hydrogen-bond acceptors (Lipinski definition) is 2. The topological polar surface area (TPSA) is 0 Å². The van der Waals surface area contributed by atoms with Crippen LogP contribution in [0.3, 0.4) is 0 Å². The van der Waals surface area contributed by atoms with E-state index in [1.165, 1.54) is 0 Å². The molecule has 0 saturated carbocycles. The van der Waals surface area contributed by atoms with Crippen molar-refractivity contribution in [1.29, 1.82) is 0 Å². The summed E-state index contributed by atoms with van der Waals surface area (Å²) in [5, 5.41) is 0. The van der Waals surface area contributed by atoms with Gasteiger partial charge in [-0.25, -0.2) is 0 Å². The maximum atomic E-state index is 3.93. The summed E-state index contributed by atoms with van der Waals surface area (Å²) < 4.78 is 0. The average molecular weight is 144 g/mol. The van der Waals surface area contributed by atoms with E-state index >= 15 is 0 Å². The van der Waals surface area contributed by atoms with Gasteiger partial charge in [-0.05, 0) is 0 Å². The third-order valence-electron chi connectivity index (χ3n) is 0.377. The van der Waals surface area contributed by atoms with Gasteiger partial charge < -0.3 is 0 Å². The van der Waals surface area contributed by atoms with E-state index in [1.807, 2.05) is 12.2 Å². The first kappa shape index (κ1) is 11.3. The SMILES string of the molecule is SCC=CCS.[NaH]. The molecule has 0 aliphatic heterocycles. The van der Waals surface area contributed by atoms with Gasteiger partial charge in [0.15, 0.2) is 0 Å². The minimum atomic E-state index is 0. The molecule has 0 fully saturated rings. The van der Waals surface area contributed by atoms with Crippen LogP contribution in [0, 0.1) is 0 Å². The molecule has 3 heteroatoms. The zero-order valence-electron chi connectivity index (χ0n) is 3.46. The fraction of sp³-hybridized carbons (Fsp3) is 0.500. The van der Waals surface area contributed by atoms with Gasteiger partial charge in [-0.2, -0.15) is 25.3 Å². The van der Waals surface area contributed by atoms with Gasteiger partial charge >= 0.3 is 29.6 Å². The van der Waals surface area contributed by atoms with Gasteiger partial charge in [-0.1, -0.05) is 12.2 Å². The summed E-state index contributed by atoms with van der Waals surface area (Å²) in [6, 6.07) is 0. The average Bonchev–Trinajstić information content (AvgIpc) is 1.61. The van der Waals surface area contributed by atoms with Gasteiger partial charge in [0.05, 0.1) is 0 Å². The van der Waals surface area contributed by atoms with Crippen LogP contribution in [0.25, 0.3) is 0 Å². The Kier molecular flexibility index (Phi) is 16.8. The van der Waals surface area contributed by atoms with E-state index in [9.17, 15) is 0 Å². The molecule has 7 heavy (non-hydrogen) atoms. The molecule has 0 aliphatic rings. The Hall–Kier alpha value is 1.44. The molecule has 0 N–H and O–H groups in total. The van der Waals surface area contributed by atoms with E-state index in [0.29, 0.717) is 0 Å². The Bertz CT molecular complexity index is 39.0. The molecule has 0 amide bonds. The molecule has 0 aromatic heterocycles. The van der Waals surface area contributed by atoms with Gasteiger partial charge in [0.2, 0.25) is 0 Å². The van der Waals surface area contributed by atoms with Crippen molar-refractivity contribution in [2.45, 2.75) is 0 Å². The quantitative estimate of drug-likeness (QED) is 0.319. The zero-order valence-corrected chi connectivity index (χ0v) is 5.25. The van der Waals surface area contributed by atoms with Gasteiger partial charge in [0.1, 0.15) is 0 Å². The molecule has 0 nitrogen and oxygen atoms in total. The first-order valence-corrected chi connectivity index (χ1v) is 3.05. The zero-order chi connectivity index (χ0) is 4.83. The fourth-order valence-electron chi connectivity index (χ4n) is 0.149. The number of hydrogen-bond donors (Lipinski definition) is 2. The summed E-state index contributed by atoms with van der Waals surface area (Å²) >= 11 is 7.87. The Morgan fingerprint density at radius 3 is 1.43 bits per heavy atom. The summed E-state index contributed by atoms with van der Waals surface area (Å²) in [5.74, 6) is 1.64. The van der Waals surface area contributed by atoms with Crippen LogP contribution in [0.1, 0.15) is 0 Å². The molecule has 0 atom stereocenters. The molecule has 38 valence electrons. The van der Waals surface area contributed by atoms with E-state index in [4.69, 9.17) is 0 Å². The minimum absolute atomic E-state index is 0. The normalized spacial score (nSPS) is 8.86. The van der Waals surface area contributed by atoms with Gasteiger partial charge in [0.25, 0.3) is 0 Å². The van der Waals surface area contributed by atoms with Crippen molar-refractivity contribution in [2.24, 2.45) is 0 Å². The van der Waals surface area contributed by atoms with Crippen LogP contribution in [-0.4, -0.2) is 41.1 Å². The van der Waals surface area contributed by atoms with Crippen molar-refractivity contribution >= 4 is 54.8 Å². The van der Waals surface area contributed by atoms with Crippen LogP contribution in [0.4, 0.5) is 0 Å². The monoisotopic (exact) mass is 144 g/mol. The van der Waals surface area contributed by atoms with Crippen LogP contribution in [-0.2, 0) is 0 Å². The summed E-state index contributed by atoms with van der Waals surface area (Å²) in [5.41, 5.74) is 0. The molecule has 0 bridgehead atoms. The van der Waals surface area contributed by atoms with E-state index < -0.39 is 0 Å². The molecule has 0 saturated heterocycles. The van der Waals surface area contributed by atoms with Crippen molar-refractivity contribution in [3.8, 4) is 0 Å². The summed E-state index contributed by atoms with van der Waals surface area (Å²) in [6.07, 6.45) is 3.94. The molecular weight excluding hydrogens is 135 g/mol.